The Morgan fingerprint density at radius 3 is 2.64 bits per heavy atom. The SMILES string of the molecule is C[C@H](C#N)NC(=O)CC(N)=O. The first-order chi connectivity index (χ1) is 5.06. The fraction of sp³-hybridized carbons (Fsp3) is 0.500. The van der Waals surface area contributed by atoms with Gasteiger partial charge in [0.2, 0.25) is 11.8 Å². The Labute approximate surface area is 64.2 Å². The van der Waals surface area contributed by atoms with Gasteiger partial charge in [0, 0.05) is 0 Å². The highest BCUT2D eigenvalue weighted by Crippen LogP contribution is 1.81. The number of hydrogen-bond acceptors (Lipinski definition) is 3. The Morgan fingerprint density at radius 1 is 1.73 bits per heavy atom. The number of nitrogens with two attached hydrogens (primary N) is 1. The van der Waals surface area contributed by atoms with Gasteiger partial charge in [-0.1, -0.05) is 0 Å². The van der Waals surface area contributed by atoms with Gasteiger partial charge in [-0.05, 0) is 6.92 Å². The molecule has 0 bridgehead atoms. The highest BCUT2D eigenvalue weighted by atomic mass is 16.2. The molecule has 0 aromatic rings. The van der Waals surface area contributed by atoms with Gasteiger partial charge in [-0.25, -0.2) is 0 Å². The summed E-state index contributed by atoms with van der Waals surface area (Å²) < 4.78 is 0. The van der Waals surface area contributed by atoms with Crippen molar-refractivity contribution in [3.05, 3.63) is 0 Å². The van der Waals surface area contributed by atoms with Gasteiger partial charge in [-0.3, -0.25) is 9.59 Å². The second-order valence-corrected chi connectivity index (χ2v) is 2.06. The number of nitrogens with one attached hydrogen (secondary N) is 1. The molecule has 5 heteroatoms. The quantitative estimate of drug-likeness (QED) is 0.506. The number of primary amides is 1. The van der Waals surface area contributed by atoms with Crippen molar-refractivity contribution in [3.63, 3.8) is 0 Å². The Balaban J connectivity index is 3.72. The fourth-order valence-corrected chi connectivity index (χ4v) is 0.483. The van der Waals surface area contributed by atoms with E-state index in [1.807, 2.05) is 0 Å². The van der Waals surface area contributed by atoms with Crippen molar-refractivity contribution in [1.82, 2.24) is 5.32 Å². The van der Waals surface area contributed by atoms with Crippen LogP contribution in [0.1, 0.15) is 13.3 Å². The molecular formula is C6H9N3O2. The molecule has 0 saturated carbocycles. The first-order valence-corrected chi connectivity index (χ1v) is 3.03. The zero-order valence-electron chi connectivity index (χ0n) is 6.13. The predicted octanol–water partition coefficient (Wildman–Crippen LogP) is -1.11. The largest absolute Gasteiger partial charge is 0.369 e. The zero-order valence-corrected chi connectivity index (χ0v) is 6.13. The molecule has 0 rings (SSSR count). The van der Waals surface area contributed by atoms with Gasteiger partial charge in [0.25, 0.3) is 0 Å². The van der Waals surface area contributed by atoms with Crippen LogP contribution in [0.2, 0.25) is 0 Å². The Bertz CT molecular complexity index is 206. The molecule has 0 radical (unpaired) electrons. The summed E-state index contributed by atoms with van der Waals surface area (Å²) in [6, 6.07) is 1.20. The van der Waals surface area contributed by atoms with Crippen LogP contribution in [0.4, 0.5) is 0 Å². The van der Waals surface area contributed by atoms with Crippen molar-refractivity contribution in [2.45, 2.75) is 19.4 Å². The average Bonchev–Trinajstić information content (AvgIpc) is 1.85. The van der Waals surface area contributed by atoms with Crippen LogP contribution >= 0.6 is 0 Å². The monoisotopic (exact) mass is 155 g/mol. The van der Waals surface area contributed by atoms with Crippen molar-refractivity contribution in [1.29, 1.82) is 5.26 Å². The highest BCUT2D eigenvalue weighted by Gasteiger charge is 2.07. The Kier molecular flexibility index (Phi) is 3.67. The van der Waals surface area contributed by atoms with Crippen LogP contribution in [0.5, 0.6) is 0 Å². The average molecular weight is 155 g/mol. The van der Waals surface area contributed by atoms with Crippen LogP contribution in [-0.2, 0) is 9.59 Å². The molecular weight excluding hydrogens is 146 g/mol. The van der Waals surface area contributed by atoms with Crippen LogP contribution in [0.15, 0.2) is 0 Å². The molecule has 5 nitrogen and oxygen atoms in total. The minimum Gasteiger partial charge on any atom is -0.369 e. The maximum Gasteiger partial charge on any atom is 0.230 e. The van der Waals surface area contributed by atoms with Gasteiger partial charge in [0.05, 0.1) is 6.07 Å². The zero-order chi connectivity index (χ0) is 8.85. The van der Waals surface area contributed by atoms with Crippen molar-refractivity contribution in [3.8, 4) is 6.07 Å². The summed E-state index contributed by atoms with van der Waals surface area (Å²) in [4.78, 5) is 20.8. The summed E-state index contributed by atoms with van der Waals surface area (Å²) in [6.45, 7) is 1.51. The molecule has 0 aromatic heterocycles. The smallest absolute Gasteiger partial charge is 0.230 e. The van der Waals surface area contributed by atoms with E-state index < -0.39 is 17.9 Å². The second kappa shape index (κ2) is 4.28. The van der Waals surface area contributed by atoms with Crippen LogP contribution in [0.25, 0.3) is 0 Å². The maximum atomic E-state index is 10.7. The van der Waals surface area contributed by atoms with Crippen molar-refractivity contribution < 1.29 is 9.59 Å². The molecule has 1 atom stereocenters. The number of hydrogen-bond donors (Lipinski definition) is 2. The van der Waals surface area contributed by atoms with E-state index in [4.69, 9.17) is 11.0 Å². The number of nitriles is 1. The van der Waals surface area contributed by atoms with Gasteiger partial charge in [0.15, 0.2) is 0 Å². The predicted molar refractivity (Wildman–Crippen MR) is 37.0 cm³/mol. The summed E-state index contributed by atoms with van der Waals surface area (Å²) in [5, 5.41) is 10.5. The van der Waals surface area contributed by atoms with Crippen molar-refractivity contribution in [2.75, 3.05) is 0 Å². The lowest BCUT2D eigenvalue weighted by molar-refractivity contribution is -0.127. The number of nitrogens with zero attached hydrogens (tertiary/aromatic N) is 1. The number of amides is 2. The Hall–Kier alpha value is -1.57. The van der Waals surface area contributed by atoms with Crippen molar-refractivity contribution in [2.24, 2.45) is 5.73 Å². The van der Waals surface area contributed by atoms with E-state index in [0.717, 1.165) is 0 Å². The molecule has 2 amide bonds. The van der Waals surface area contributed by atoms with Gasteiger partial charge >= 0.3 is 0 Å². The summed E-state index contributed by atoms with van der Waals surface area (Å²) in [6.07, 6.45) is -0.369. The van der Waals surface area contributed by atoms with E-state index >= 15 is 0 Å². The first-order valence-electron chi connectivity index (χ1n) is 3.03. The molecule has 0 heterocycles. The standard InChI is InChI=1S/C6H9N3O2/c1-4(3-7)9-6(11)2-5(8)10/h4H,2H2,1H3,(H2,8,10)(H,9,11)/t4-/m1/s1. The van der Waals surface area contributed by atoms with E-state index in [-0.39, 0.29) is 6.42 Å². The van der Waals surface area contributed by atoms with E-state index in [1.54, 1.807) is 6.07 Å². The molecule has 60 valence electrons. The second-order valence-electron chi connectivity index (χ2n) is 2.06. The third kappa shape index (κ3) is 4.90. The lowest BCUT2D eigenvalue weighted by Gasteiger charge is -2.03. The summed E-state index contributed by atoms with van der Waals surface area (Å²) >= 11 is 0. The molecule has 3 N–H and O–H groups in total. The summed E-state index contributed by atoms with van der Waals surface area (Å²) in [7, 11) is 0. The molecule has 0 aliphatic rings. The minimum atomic E-state index is -0.701. The molecule has 0 unspecified atom stereocenters. The van der Waals surface area contributed by atoms with Gasteiger partial charge in [-0.15, -0.1) is 0 Å². The number of carbonyl (C=O) groups excluding carboxylic acids is 2. The van der Waals surface area contributed by atoms with E-state index in [0.29, 0.717) is 0 Å². The van der Waals surface area contributed by atoms with Crippen LogP contribution in [0.3, 0.4) is 0 Å². The third-order valence-corrected chi connectivity index (χ3v) is 0.906. The molecule has 0 fully saturated rings. The lowest BCUT2D eigenvalue weighted by Crippen LogP contribution is -2.34. The number of rotatable bonds is 3. The van der Waals surface area contributed by atoms with E-state index in [1.165, 1.54) is 6.92 Å². The fourth-order valence-electron chi connectivity index (χ4n) is 0.483. The van der Waals surface area contributed by atoms with Crippen LogP contribution in [0, 0.1) is 11.3 Å². The minimum absolute atomic E-state index is 0.369. The molecule has 0 spiro atoms. The molecule has 0 aliphatic carbocycles. The molecule has 0 aliphatic heterocycles. The van der Waals surface area contributed by atoms with Gasteiger partial charge < -0.3 is 11.1 Å². The normalized spacial score (nSPS) is 11.3. The highest BCUT2D eigenvalue weighted by molar-refractivity contribution is 5.96. The van der Waals surface area contributed by atoms with E-state index in [9.17, 15) is 9.59 Å². The van der Waals surface area contributed by atoms with E-state index in [2.05, 4.69) is 5.32 Å². The molecule has 11 heavy (non-hydrogen) atoms. The van der Waals surface area contributed by atoms with Crippen LogP contribution < -0.4 is 11.1 Å². The molecule has 0 saturated heterocycles. The number of carbonyl (C=O) groups is 2. The lowest BCUT2D eigenvalue weighted by atomic mass is 10.3. The van der Waals surface area contributed by atoms with Crippen molar-refractivity contribution >= 4 is 11.8 Å². The molecule has 0 aromatic carbocycles. The Morgan fingerprint density at radius 2 is 2.27 bits per heavy atom. The van der Waals surface area contributed by atoms with Gasteiger partial charge in [0.1, 0.15) is 12.5 Å². The van der Waals surface area contributed by atoms with Gasteiger partial charge in [-0.2, -0.15) is 5.26 Å². The summed E-state index contributed by atoms with van der Waals surface area (Å²) in [5.74, 6) is -1.22. The van der Waals surface area contributed by atoms with Crippen LogP contribution in [-0.4, -0.2) is 17.9 Å². The topological polar surface area (TPSA) is 96.0 Å². The third-order valence-electron chi connectivity index (χ3n) is 0.906. The summed E-state index contributed by atoms with van der Waals surface area (Å²) in [5.41, 5.74) is 4.73. The maximum absolute atomic E-state index is 10.7. The first kappa shape index (κ1) is 9.43.